The topological polar surface area (TPSA) is 118 Å². The molecule has 0 aromatic heterocycles. The van der Waals surface area contributed by atoms with Crippen molar-refractivity contribution in [3.63, 3.8) is 0 Å². The van der Waals surface area contributed by atoms with E-state index in [0.29, 0.717) is 6.54 Å². The zero-order valence-electron chi connectivity index (χ0n) is 13.0. The maximum Gasteiger partial charge on any atom is 0.327 e. The lowest BCUT2D eigenvalue weighted by atomic mass is 10.2. The number of nitrogens with zero attached hydrogens (tertiary/aromatic N) is 1. The van der Waals surface area contributed by atoms with Crippen LogP contribution in [0, 0.1) is 0 Å². The number of carbonyl (C=O) groups is 2. The lowest BCUT2D eigenvalue weighted by Gasteiger charge is -2.04. The Morgan fingerprint density at radius 3 is 1.52 bits per heavy atom. The number of hydrogen-bond donors (Lipinski definition) is 4. The molecule has 0 fully saturated rings. The predicted molar refractivity (Wildman–Crippen MR) is 81.3 cm³/mol. The number of rotatable bonds is 9. The summed E-state index contributed by atoms with van der Waals surface area (Å²) in [6.07, 6.45) is 4.89. The van der Waals surface area contributed by atoms with Crippen molar-refractivity contribution in [3.8, 4) is 0 Å². The molecule has 0 atom stereocenters. The van der Waals surface area contributed by atoms with E-state index < -0.39 is 11.9 Å². The number of carboxylic acids is 2. The van der Waals surface area contributed by atoms with Crippen molar-refractivity contribution in [1.29, 1.82) is 0 Å². The molecule has 4 N–H and O–H groups in total. The van der Waals surface area contributed by atoms with Crippen LogP contribution in [0.3, 0.4) is 0 Å². The van der Waals surface area contributed by atoms with E-state index in [9.17, 15) is 9.59 Å². The molecule has 0 aliphatic carbocycles. The molecule has 21 heavy (non-hydrogen) atoms. The Balaban J connectivity index is -0.000000239. The maximum absolute atomic E-state index is 9.88. The van der Waals surface area contributed by atoms with Crippen LogP contribution in [0.5, 0.6) is 0 Å². The van der Waals surface area contributed by atoms with E-state index in [1.165, 1.54) is 0 Å². The van der Waals surface area contributed by atoms with Gasteiger partial charge in [0.15, 0.2) is 0 Å². The molecular formula is C14H29NO6. The van der Waals surface area contributed by atoms with Gasteiger partial charge in [-0.05, 0) is 26.9 Å². The summed E-state index contributed by atoms with van der Waals surface area (Å²) in [6, 6.07) is 0. The van der Waals surface area contributed by atoms with Gasteiger partial charge in [0.2, 0.25) is 0 Å². The van der Waals surface area contributed by atoms with E-state index >= 15 is 0 Å². The second-order valence-electron chi connectivity index (χ2n) is 4.35. The van der Waals surface area contributed by atoms with Crippen molar-refractivity contribution < 1.29 is 30.0 Å². The van der Waals surface area contributed by atoms with Crippen LogP contribution in [0.4, 0.5) is 0 Å². The normalized spacial score (nSPS) is 9.00. The van der Waals surface area contributed by atoms with Crippen molar-refractivity contribution in [2.45, 2.75) is 32.1 Å². The van der Waals surface area contributed by atoms with Crippen LogP contribution in [0.15, 0.2) is 12.7 Å². The largest absolute Gasteiger partial charge is 0.481 e. The van der Waals surface area contributed by atoms with Crippen molar-refractivity contribution in [3.05, 3.63) is 12.7 Å². The summed E-state index contributed by atoms with van der Waals surface area (Å²) in [5.74, 6) is -1.72. The molecule has 0 rings (SSSR count). The van der Waals surface area contributed by atoms with Gasteiger partial charge in [0, 0.05) is 25.8 Å². The van der Waals surface area contributed by atoms with Gasteiger partial charge in [0.05, 0.1) is 6.42 Å². The average Bonchev–Trinajstić information content (AvgIpc) is 2.43. The Kier molecular flexibility index (Phi) is 24.4. The van der Waals surface area contributed by atoms with Crippen LogP contribution in [-0.2, 0) is 9.59 Å². The van der Waals surface area contributed by atoms with E-state index in [-0.39, 0.29) is 19.6 Å². The molecule has 0 heterocycles. The third-order valence-corrected chi connectivity index (χ3v) is 2.01. The first-order chi connectivity index (χ1) is 9.81. The fraction of sp³-hybridized carbons (Fsp3) is 0.714. The first-order valence-corrected chi connectivity index (χ1v) is 6.75. The predicted octanol–water partition coefficient (Wildman–Crippen LogP) is 0.811. The molecule has 0 amide bonds. The zero-order valence-corrected chi connectivity index (χ0v) is 13.0. The molecule has 7 heteroatoms. The van der Waals surface area contributed by atoms with Gasteiger partial charge >= 0.3 is 11.9 Å². The molecule has 0 radical (unpaired) electrons. The maximum atomic E-state index is 9.88. The van der Waals surface area contributed by atoms with Gasteiger partial charge < -0.3 is 25.3 Å². The Morgan fingerprint density at radius 1 is 1.00 bits per heavy atom. The van der Waals surface area contributed by atoms with Gasteiger partial charge in [-0.25, -0.2) is 4.79 Å². The van der Waals surface area contributed by atoms with Gasteiger partial charge in [-0.1, -0.05) is 19.4 Å². The quantitative estimate of drug-likeness (QED) is 0.368. The van der Waals surface area contributed by atoms with Gasteiger partial charge in [0.1, 0.15) is 0 Å². The highest BCUT2D eigenvalue weighted by Gasteiger charge is 1.95. The summed E-state index contributed by atoms with van der Waals surface area (Å²) in [5, 5.41) is 32.3. The van der Waals surface area contributed by atoms with Gasteiger partial charge in [0.25, 0.3) is 0 Å². The molecule has 0 aromatic rings. The fourth-order valence-corrected chi connectivity index (χ4v) is 0.896. The summed E-state index contributed by atoms with van der Waals surface area (Å²) in [4.78, 5) is 21.0. The number of aliphatic hydroxyl groups is 2. The Morgan fingerprint density at radius 2 is 1.38 bits per heavy atom. The number of hydrogen-bond acceptors (Lipinski definition) is 5. The molecule has 0 aromatic carbocycles. The Bertz CT molecular complexity index is 250. The second kappa shape index (κ2) is 20.9. The molecule has 0 spiro atoms. The molecule has 0 aliphatic heterocycles. The van der Waals surface area contributed by atoms with Crippen molar-refractivity contribution in [2.24, 2.45) is 0 Å². The molecule has 0 bridgehead atoms. The van der Waals surface area contributed by atoms with Gasteiger partial charge in [-0.2, -0.15) is 0 Å². The monoisotopic (exact) mass is 307 g/mol. The zero-order chi connectivity index (χ0) is 17.1. The van der Waals surface area contributed by atoms with E-state index in [0.717, 1.165) is 31.8 Å². The minimum absolute atomic E-state index is 0.229. The lowest BCUT2D eigenvalue weighted by Crippen LogP contribution is -2.15. The number of unbranched alkanes of at least 4 members (excludes halogenated alkanes) is 3. The number of aliphatic carboxylic acids is 2. The summed E-state index contributed by atoms with van der Waals surface area (Å²) >= 11 is 0. The molecular weight excluding hydrogens is 278 g/mol. The summed E-state index contributed by atoms with van der Waals surface area (Å²) < 4.78 is 0. The minimum Gasteiger partial charge on any atom is -0.481 e. The lowest BCUT2D eigenvalue weighted by molar-refractivity contribution is -0.137. The van der Waals surface area contributed by atoms with Crippen molar-refractivity contribution in [1.82, 2.24) is 4.90 Å². The molecule has 0 unspecified atom stereocenters. The van der Waals surface area contributed by atoms with E-state index in [4.69, 9.17) is 20.4 Å². The molecule has 0 saturated heterocycles. The summed E-state index contributed by atoms with van der Waals surface area (Å²) in [5.41, 5.74) is 0. The smallest absolute Gasteiger partial charge is 0.327 e. The molecule has 126 valence electrons. The van der Waals surface area contributed by atoms with E-state index in [1.54, 1.807) is 0 Å². The van der Waals surface area contributed by atoms with Crippen molar-refractivity contribution >= 4 is 11.9 Å². The standard InChI is InChI=1S/C6H14O2.C5H11NO2.C3H4O2/c7-5-3-1-2-4-6-8;1-6(2)4-3-5(7)8;1-2-3(4)5/h7-8H,1-6H2;3-4H2,1-2H3,(H,7,8);2H,1H2,(H,4,5). The van der Waals surface area contributed by atoms with E-state index in [2.05, 4.69) is 6.58 Å². The molecule has 7 nitrogen and oxygen atoms in total. The second-order valence-corrected chi connectivity index (χ2v) is 4.35. The highest BCUT2D eigenvalue weighted by molar-refractivity contribution is 5.78. The first kappa shape index (κ1) is 24.6. The minimum atomic E-state index is -0.981. The highest BCUT2D eigenvalue weighted by Crippen LogP contribution is 1.96. The third-order valence-electron chi connectivity index (χ3n) is 2.01. The van der Waals surface area contributed by atoms with Crippen molar-refractivity contribution in [2.75, 3.05) is 33.9 Å². The molecule has 0 saturated carbocycles. The SMILES string of the molecule is C=CC(=O)O.CN(C)CCC(=O)O.OCCCCCCO. The summed E-state index contributed by atoms with van der Waals surface area (Å²) in [7, 11) is 3.70. The molecule has 0 aliphatic rings. The van der Waals surface area contributed by atoms with Crippen LogP contribution in [0.2, 0.25) is 0 Å². The van der Waals surface area contributed by atoms with Crippen LogP contribution in [0.1, 0.15) is 32.1 Å². The van der Waals surface area contributed by atoms with Crippen LogP contribution in [-0.4, -0.2) is 71.1 Å². The van der Waals surface area contributed by atoms with Crippen LogP contribution in [0.25, 0.3) is 0 Å². The van der Waals surface area contributed by atoms with Gasteiger partial charge in [-0.3, -0.25) is 4.79 Å². The Hall–Kier alpha value is -1.44. The third kappa shape index (κ3) is 45.6. The average molecular weight is 307 g/mol. The Labute approximate surface area is 126 Å². The first-order valence-electron chi connectivity index (χ1n) is 6.75. The summed E-state index contributed by atoms with van der Waals surface area (Å²) in [6.45, 7) is 4.15. The van der Waals surface area contributed by atoms with Gasteiger partial charge in [-0.15, -0.1) is 0 Å². The van der Waals surface area contributed by atoms with Crippen LogP contribution < -0.4 is 0 Å². The van der Waals surface area contributed by atoms with Crippen LogP contribution >= 0.6 is 0 Å². The fourth-order valence-electron chi connectivity index (χ4n) is 0.896. The number of aliphatic hydroxyl groups excluding tert-OH is 2. The number of carboxylic acid groups (broad SMARTS) is 2. The van der Waals surface area contributed by atoms with E-state index in [1.807, 2.05) is 19.0 Å². The highest BCUT2D eigenvalue weighted by atomic mass is 16.4.